The fourth-order valence-corrected chi connectivity index (χ4v) is 3.01. The molecule has 0 spiro atoms. The van der Waals surface area contributed by atoms with Crippen LogP contribution in [0.4, 0.5) is 0 Å². The summed E-state index contributed by atoms with van der Waals surface area (Å²) in [6, 6.07) is 16.6. The van der Waals surface area contributed by atoms with Gasteiger partial charge in [0.2, 0.25) is 0 Å². The van der Waals surface area contributed by atoms with Crippen LogP contribution < -0.4 is 10.1 Å². The van der Waals surface area contributed by atoms with E-state index in [-0.39, 0.29) is 5.92 Å². The van der Waals surface area contributed by atoms with Gasteiger partial charge in [-0.3, -0.25) is 9.59 Å². The number of esters is 1. The van der Waals surface area contributed by atoms with Crippen LogP contribution in [0.3, 0.4) is 0 Å². The molecule has 1 N–H and O–H groups in total. The first-order valence-corrected chi connectivity index (χ1v) is 9.10. The molecule has 3 rings (SSSR count). The van der Waals surface area contributed by atoms with E-state index >= 15 is 0 Å². The van der Waals surface area contributed by atoms with Gasteiger partial charge in [0, 0.05) is 11.1 Å². The van der Waals surface area contributed by atoms with Crippen LogP contribution in [-0.2, 0) is 14.3 Å². The molecule has 1 heterocycles. The molecule has 0 bridgehead atoms. The quantitative estimate of drug-likeness (QED) is 0.804. The molecule has 1 atom stereocenters. The lowest BCUT2D eigenvalue weighted by atomic mass is 9.88. The van der Waals surface area contributed by atoms with Crippen molar-refractivity contribution >= 4 is 11.9 Å². The predicted octanol–water partition coefficient (Wildman–Crippen LogP) is 3.52. The van der Waals surface area contributed by atoms with Gasteiger partial charge in [-0.1, -0.05) is 50.2 Å². The molecule has 0 saturated carbocycles. The van der Waals surface area contributed by atoms with Gasteiger partial charge < -0.3 is 14.8 Å². The monoisotopic (exact) mass is 378 g/mol. The van der Waals surface area contributed by atoms with Crippen LogP contribution in [0.25, 0.3) is 0 Å². The van der Waals surface area contributed by atoms with Crippen molar-refractivity contribution in [2.24, 2.45) is 5.92 Å². The van der Waals surface area contributed by atoms with Crippen LogP contribution in [0.1, 0.15) is 37.8 Å². The van der Waals surface area contributed by atoms with E-state index in [4.69, 9.17) is 9.47 Å². The van der Waals surface area contributed by atoms with Crippen LogP contribution in [0.5, 0.6) is 11.5 Å². The summed E-state index contributed by atoms with van der Waals surface area (Å²) in [5.41, 5.74) is 0.354. The number of amides is 1. The molecule has 28 heavy (non-hydrogen) atoms. The van der Waals surface area contributed by atoms with Crippen molar-refractivity contribution in [1.82, 2.24) is 5.32 Å². The van der Waals surface area contributed by atoms with Crippen molar-refractivity contribution in [2.75, 3.05) is 6.61 Å². The van der Waals surface area contributed by atoms with Crippen molar-refractivity contribution in [1.29, 1.82) is 5.26 Å². The summed E-state index contributed by atoms with van der Waals surface area (Å²) in [7, 11) is 0. The number of hydrogen-bond donors (Lipinski definition) is 1. The maximum atomic E-state index is 12.9. The van der Waals surface area contributed by atoms with Crippen molar-refractivity contribution in [3.63, 3.8) is 0 Å². The SMILES string of the molecule is CC(C)[C@](C)(C#N)NC(=O)COC(=O)C1c2ccccc2Oc2ccccc21. The molecule has 0 aliphatic carbocycles. The van der Waals surface area contributed by atoms with Gasteiger partial charge in [-0.15, -0.1) is 0 Å². The summed E-state index contributed by atoms with van der Waals surface area (Å²) in [5.74, 6) is -0.650. The molecule has 6 nitrogen and oxygen atoms in total. The van der Waals surface area contributed by atoms with Gasteiger partial charge in [0.15, 0.2) is 6.61 Å². The van der Waals surface area contributed by atoms with E-state index < -0.39 is 29.9 Å². The van der Waals surface area contributed by atoms with Crippen molar-refractivity contribution in [2.45, 2.75) is 32.2 Å². The number of benzene rings is 2. The number of ether oxygens (including phenoxy) is 2. The molecule has 0 radical (unpaired) electrons. The molecule has 144 valence electrons. The van der Waals surface area contributed by atoms with Gasteiger partial charge in [-0.25, -0.2) is 0 Å². The fraction of sp³-hybridized carbons (Fsp3) is 0.318. The van der Waals surface area contributed by atoms with Gasteiger partial charge in [-0.05, 0) is 25.0 Å². The second-order valence-electron chi connectivity index (χ2n) is 7.24. The highest BCUT2D eigenvalue weighted by Gasteiger charge is 2.35. The number of fused-ring (bicyclic) bond motifs is 2. The molecule has 1 aliphatic rings. The Hall–Kier alpha value is -3.33. The van der Waals surface area contributed by atoms with Crippen molar-refractivity contribution in [3.8, 4) is 17.6 Å². The third-order valence-electron chi connectivity index (χ3n) is 5.05. The first kappa shape index (κ1) is 19.4. The van der Waals surface area contributed by atoms with E-state index in [1.165, 1.54) is 0 Å². The van der Waals surface area contributed by atoms with E-state index in [2.05, 4.69) is 11.4 Å². The average Bonchev–Trinajstić information content (AvgIpc) is 2.69. The lowest BCUT2D eigenvalue weighted by Gasteiger charge is -2.28. The minimum Gasteiger partial charge on any atom is -0.457 e. The Balaban J connectivity index is 1.77. The fourth-order valence-electron chi connectivity index (χ4n) is 3.01. The maximum absolute atomic E-state index is 12.9. The molecular formula is C22H22N2O4. The van der Waals surface area contributed by atoms with Gasteiger partial charge in [0.05, 0.1) is 6.07 Å². The lowest BCUT2D eigenvalue weighted by molar-refractivity contribution is -0.149. The molecule has 0 aromatic heterocycles. The van der Waals surface area contributed by atoms with E-state index in [0.717, 1.165) is 0 Å². The van der Waals surface area contributed by atoms with Gasteiger partial charge >= 0.3 is 5.97 Å². The number of nitrogens with zero attached hydrogens (tertiary/aromatic N) is 1. The molecule has 0 unspecified atom stereocenters. The number of nitriles is 1. The van der Waals surface area contributed by atoms with Crippen LogP contribution in [0.15, 0.2) is 48.5 Å². The minimum atomic E-state index is -1.03. The van der Waals surface area contributed by atoms with Crippen molar-refractivity contribution < 1.29 is 19.1 Å². The molecule has 2 aromatic carbocycles. The minimum absolute atomic E-state index is 0.0913. The summed E-state index contributed by atoms with van der Waals surface area (Å²) in [6.45, 7) is 4.86. The highest BCUT2D eigenvalue weighted by Crippen LogP contribution is 2.44. The number of carbonyl (C=O) groups is 2. The summed E-state index contributed by atoms with van der Waals surface area (Å²) in [4.78, 5) is 25.1. The second kappa shape index (κ2) is 7.73. The summed E-state index contributed by atoms with van der Waals surface area (Å²) in [6.07, 6.45) is 0. The summed E-state index contributed by atoms with van der Waals surface area (Å²) in [5, 5.41) is 12.0. The Morgan fingerprint density at radius 1 is 1.14 bits per heavy atom. The number of hydrogen-bond acceptors (Lipinski definition) is 5. The molecule has 0 fully saturated rings. The number of carbonyl (C=O) groups excluding carboxylic acids is 2. The molecule has 1 aliphatic heterocycles. The van der Waals surface area contributed by atoms with Crippen LogP contribution in [0.2, 0.25) is 0 Å². The Labute approximate surface area is 164 Å². The zero-order valence-corrected chi connectivity index (χ0v) is 16.1. The molecule has 2 aromatic rings. The first-order chi connectivity index (χ1) is 13.4. The molecular weight excluding hydrogens is 356 g/mol. The zero-order valence-electron chi connectivity index (χ0n) is 16.1. The number of rotatable bonds is 5. The zero-order chi connectivity index (χ0) is 20.3. The smallest absolute Gasteiger partial charge is 0.318 e. The highest BCUT2D eigenvalue weighted by molar-refractivity contribution is 5.88. The molecule has 0 saturated heterocycles. The predicted molar refractivity (Wildman–Crippen MR) is 103 cm³/mol. The molecule has 1 amide bonds. The Bertz CT molecular complexity index is 902. The van der Waals surface area contributed by atoms with Crippen LogP contribution in [0, 0.1) is 17.2 Å². The number of nitrogens with one attached hydrogen (secondary N) is 1. The Morgan fingerprint density at radius 2 is 1.68 bits per heavy atom. The van der Waals surface area contributed by atoms with E-state index in [1.807, 2.05) is 50.2 Å². The Kier molecular flexibility index (Phi) is 5.36. The third kappa shape index (κ3) is 3.70. The second-order valence-corrected chi connectivity index (χ2v) is 7.24. The standard InChI is InChI=1S/C22H22N2O4/c1-14(2)22(3,13-23)24-19(25)12-27-21(26)20-15-8-4-6-10-17(15)28-18-11-7-5-9-16(18)20/h4-11,14,20H,12H2,1-3H3,(H,24,25)/t22-/m0/s1. The van der Waals surface area contributed by atoms with Crippen LogP contribution in [-0.4, -0.2) is 24.0 Å². The Morgan fingerprint density at radius 3 is 2.18 bits per heavy atom. The lowest BCUT2D eigenvalue weighted by Crippen LogP contribution is -2.50. The average molecular weight is 378 g/mol. The third-order valence-corrected chi connectivity index (χ3v) is 5.05. The van der Waals surface area contributed by atoms with Gasteiger partial charge in [0.1, 0.15) is 23.0 Å². The van der Waals surface area contributed by atoms with Crippen LogP contribution >= 0.6 is 0 Å². The molecule has 6 heteroatoms. The van der Waals surface area contributed by atoms with Crippen molar-refractivity contribution in [3.05, 3.63) is 59.7 Å². The number of para-hydroxylation sites is 2. The first-order valence-electron chi connectivity index (χ1n) is 9.10. The van der Waals surface area contributed by atoms with E-state index in [1.54, 1.807) is 19.1 Å². The highest BCUT2D eigenvalue weighted by atomic mass is 16.5. The normalized spacial score (nSPS) is 14.7. The van der Waals surface area contributed by atoms with E-state index in [0.29, 0.717) is 22.6 Å². The summed E-state index contributed by atoms with van der Waals surface area (Å²) >= 11 is 0. The largest absolute Gasteiger partial charge is 0.457 e. The maximum Gasteiger partial charge on any atom is 0.318 e. The van der Waals surface area contributed by atoms with Gasteiger partial charge in [-0.2, -0.15) is 5.26 Å². The van der Waals surface area contributed by atoms with Gasteiger partial charge in [0.25, 0.3) is 5.91 Å². The topological polar surface area (TPSA) is 88.4 Å². The van der Waals surface area contributed by atoms with E-state index in [9.17, 15) is 14.9 Å². The summed E-state index contributed by atoms with van der Waals surface area (Å²) < 4.78 is 11.2.